The quantitative estimate of drug-likeness (QED) is 0.824. The lowest BCUT2D eigenvalue weighted by atomic mass is 10.1. The second-order valence-electron chi connectivity index (χ2n) is 6.99. The minimum Gasteiger partial charge on any atom is -0.369 e. The van der Waals surface area contributed by atoms with E-state index < -0.39 is 0 Å². The highest BCUT2D eigenvalue weighted by Gasteiger charge is 2.31. The zero-order valence-electron chi connectivity index (χ0n) is 14.0. The van der Waals surface area contributed by atoms with Gasteiger partial charge in [0, 0.05) is 58.9 Å². The van der Waals surface area contributed by atoms with E-state index in [4.69, 9.17) is 0 Å². The van der Waals surface area contributed by atoms with Crippen molar-refractivity contribution in [3.63, 3.8) is 0 Å². The summed E-state index contributed by atoms with van der Waals surface area (Å²) in [5.41, 5.74) is 3.47. The number of anilines is 1. The molecule has 1 aromatic carbocycles. The van der Waals surface area contributed by atoms with Crippen LogP contribution in [0.1, 0.15) is 15.9 Å². The third-order valence-electron chi connectivity index (χ3n) is 5.53. The number of piperazine rings is 1. The normalized spacial score (nSPS) is 22.4. The molecule has 124 valence electrons. The van der Waals surface area contributed by atoms with Crippen LogP contribution < -0.4 is 4.90 Å². The van der Waals surface area contributed by atoms with Crippen LogP contribution in [0.15, 0.2) is 18.2 Å². The van der Waals surface area contributed by atoms with E-state index >= 15 is 0 Å². The zero-order chi connectivity index (χ0) is 15.8. The lowest BCUT2D eigenvalue weighted by Crippen LogP contribution is -2.48. The molecule has 0 bridgehead atoms. The maximum absolute atomic E-state index is 13.0. The number of hydrogen-bond donors (Lipinski definition) is 0. The second kappa shape index (κ2) is 6.13. The molecule has 0 spiro atoms. The van der Waals surface area contributed by atoms with E-state index in [0.717, 1.165) is 70.9 Å². The fraction of sp³-hybridized carbons (Fsp3) is 0.611. The summed E-state index contributed by atoms with van der Waals surface area (Å²) in [7, 11) is 2.18. The van der Waals surface area contributed by atoms with Crippen LogP contribution in [-0.4, -0.2) is 86.6 Å². The molecule has 0 aliphatic carbocycles. The van der Waals surface area contributed by atoms with Crippen molar-refractivity contribution in [1.29, 1.82) is 0 Å². The van der Waals surface area contributed by atoms with Gasteiger partial charge in [-0.3, -0.25) is 9.69 Å². The molecule has 1 amide bonds. The number of benzene rings is 1. The second-order valence-corrected chi connectivity index (χ2v) is 6.99. The Bertz CT molecular complexity index is 595. The van der Waals surface area contributed by atoms with Crippen molar-refractivity contribution >= 4 is 11.6 Å². The van der Waals surface area contributed by atoms with Crippen LogP contribution in [0, 0.1) is 0 Å². The Morgan fingerprint density at radius 1 is 0.957 bits per heavy atom. The van der Waals surface area contributed by atoms with Crippen LogP contribution in [0.4, 0.5) is 5.69 Å². The van der Waals surface area contributed by atoms with Gasteiger partial charge in [0.25, 0.3) is 5.91 Å². The summed E-state index contributed by atoms with van der Waals surface area (Å²) in [6, 6.07) is 6.22. The Morgan fingerprint density at radius 3 is 2.61 bits per heavy atom. The number of carbonyl (C=O) groups is 1. The van der Waals surface area contributed by atoms with Crippen molar-refractivity contribution in [2.24, 2.45) is 0 Å². The average molecular weight is 314 g/mol. The molecular weight excluding hydrogens is 288 g/mol. The SMILES string of the molecule is CN1CCN(CCN2CCN3CCc4cccc(c43)C2=O)CC1. The van der Waals surface area contributed by atoms with Crippen molar-refractivity contribution in [3.05, 3.63) is 29.3 Å². The molecule has 0 N–H and O–H groups in total. The first-order valence-electron chi connectivity index (χ1n) is 8.79. The average Bonchev–Trinajstić information content (AvgIpc) is 2.93. The summed E-state index contributed by atoms with van der Waals surface area (Å²) < 4.78 is 0. The number of nitrogens with zero attached hydrogens (tertiary/aromatic N) is 4. The molecule has 23 heavy (non-hydrogen) atoms. The van der Waals surface area contributed by atoms with Crippen molar-refractivity contribution in [2.75, 3.05) is 70.9 Å². The molecule has 5 nitrogen and oxygen atoms in total. The smallest absolute Gasteiger partial charge is 0.256 e. The molecule has 0 atom stereocenters. The third kappa shape index (κ3) is 2.83. The van der Waals surface area contributed by atoms with Crippen molar-refractivity contribution in [1.82, 2.24) is 14.7 Å². The lowest BCUT2D eigenvalue weighted by molar-refractivity contribution is 0.0726. The summed E-state index contributed by atoms with van der Waals surface area (Å²) >= 11 is 0. The molecule has 3 heterocycles. The van der Waals surface area contributed by atoms with E-state index in [-0.39, 0.29) is 5.91 Å². The van der Waals surface area contributed by atoms with Gasteiger partial charge in [-0.15, -0.1) is 0 Å². The topological polar surface area (TPSA) is 30.0 Å². The highest BCUT2D eigenvalue weighted by molar-refractivity contribution is 6.01. The number of amides is 1. The Kier molecular flexibility index (Phi) is 3.99. The summed E-state index contributed by atoms with van der Waals surface area (Å²) in [5, 5.41) is 0. The maximum Gasteiger partial charge on any atom is 0.256 e. The van der Waals surface area contributed by atoms with Crippen LogP contribution in [0.3, 0.4) is 0 Å². The molecule has 4 rings (SSSR count). The van der Waals surface area contributed by atoms with Crippen LogP contribution in [0.5, 0.6) is 0 Å². The van der Waals surface area contributed by atoms with Gasteiger partial charge in [-0.05, 0) is 25.1 Å². The molecule has 0 saturated carbocycles. The summed E-state index contributed by atoms with van der Waals surface area (Å²) in [6.07, 6.45) is 1.08. The first kappa shape index (κ1) is 15.0. The fourth-order valence-corrected chi connectivity index (χ4v) is 3.99. The van der Waals surface area contributed by atoms with Gasteiger partial charge in [-0.1, -0.05) is 12.1 Å². The minimum atomic E-state index is 0.223. The van der Waals surface area contributed by atoms with Crippen LogP contribution >= 0.6 is 0 Å². The summed E-state index contributed by atoms with van der Waals surface area (Å²) in [6.45, 7) is 9.22. The monoisotopic (exact) mass is 314 g/mol. The van der Waals surface area contributed by atoms with E-state index in [9.17, 15) is 4.79 Å². The highest BCUT2D eigenvalue weighted by Crippen LogP contribution is 2.34. The highest BCUT2D eigenvalue weighted by atomic mass is 16.2. The molecule has 5 heteroatoms. The van der Waals surface area contributed by atoms with Gasteiger partial charge in [0.05, 0.1) is 11.3 Å². The Labute approximate surface area is 138 Å². The first-order valence-corrected chi connectivity index (χ1v) is 8.79. The summed E-state index contributed by atoms with van der Waals surface area (Å²) in [4.78, 5) is 22.3. The van der Waals surface area contributed by atoms with Gasteiger partial charge < -0.3 is 14.7 Å². The minimum absolute atomic E-state index is 0.223. The van der Waals surface area contributed by atoms with Crippen molar-refractivity contribution in [2.45, 2.75) is 6.42 Å². The molecule has 1 saturated heterocycles. The molecule has 0 unspecified atom stereocenters. The van der Waals surface area contributed by atoms with Gasteiger partial charge in [-0.25, -0.2) is 0 Å². The number of rotatable bonds is 3. The van der Waals surface area contributed by atoms with Crippen LogP contribution in [0.25, 0.3) is 0 Å². The van der Waals surface area contributed by atoms with E-state index in [1.807, 2.05) is 12.1 Å². The summed E-state index contributed by atoms with van der Waals surface area (Å²) in [5.74, 6) is 0.223. The van der Waals surface area contributed by atoms with E-state index in [1.165, 1.54) is 11.3 Å². The molecule has 3 aliphatic rings. The van der Waals surface area contributed by atoms with Gasteiger partial charge in [0.1, 0.15) is 0 Å². The Morgan fingerprint density at radius 2 is 1.78 bits per heavy atom. The number of likely N-dealkylation sites (N-methyl/N-ethyl adjacent to an activating group) is 1. The number of para-hydroxylation sites is 1. The number of carbonyl (C=O) groups excluding carboxylic acids is 1. The Hall–Kier alpha value is -1.59. The van der Waals surface area contributed by atoms with E-state index in [2.05, 4.69) is 32.7 Å². The molecular formula is C18H26N4O. The van der Waals surface area contributed by atoms with Gasteiger partial charge in [0.15, 0.2) is 0 Å². The third-order valence-corrected chi connectivity index (χ3v) is 5.53. The maximum atomic E-state index is 13.0. The van der Waals surface area contributed by atoms with Crippen molar-refractivity contribution in [3.8, 4) is 0 Å². The van der Waals surface area contributed by atoms with Gasteiger partial charge >= 0.3 is 0 Å². The number of hydrogen-bond acceptors (Lipinski definition) is 4. The largest absolute Gasteiger partial charge is 0.369 e. The van der Waals surface area contributed by atoms with E-state index in [1.54, 1.807) is 0 Å². The Balaban J connectivity index is 1.45. The molecule has 1 fully saturated rings. The molecule has 1 aromatic rings. The first-order chi connectivity index (χ1) is 11.2. The van der Waals surface area contributed by atoms with Crippen LogP contribution in [-0.2, 0) is 6.42 Å². The predicted molar refractivity (Wildman–Crippen MR) is 92.2 cm³/mol. The lowest BCUT2D eigenvalue weighted by Gasteiger charge is -2.33. The van der Waals surface area contributed by atoms with E-state index in [0.29, 0.717) is 0 Å². The van der Waals surface area contributed by atoms with Gasteiger partial charge in [0.2, 0.25) is 0 Å². The standard InChI is InChI=1S/C18H26N4O/c1-19-7-9-20(10-8-19)11-12-22-14-13-21-6-5-15-3-2-4-16(17(15)21)18(22)23/h2-4H,5-14H2,1H3. The van der Waals surface area contributed by atoms with Crippen molar-refractivity contribution < 1.29 is 4.79 Å². The zero-order valence-corrected chi connectivity index (χ0v) is 14.0. The van der Waals surface area contributed by atoms with Crippen LogP contribution in [0.2, 0.25) is 0 Å². The molecule has 0 aromatic heterocycles. The molecule has 3 aliphatic heterocycles. The molecule has 0 radical (unpaired) electrons. The fourth-order valence-electron chi connectivity index (χ4n) is 3.99. The predicted octanol–water partition coefficient (Wildman–Crippen LogP) is 0.752. The van der Waals surface area contributed by atoms with Gasteiger partial charge in [-0.2, -0.15) is 0 Å².